The van der Waals surface area contributed by atoms with Gasteiger partial charge in [0.2, 0.25) is 5.91 Å². The van der Waals surface area contributed by atoms with Gasteiger partial charge in [0.1, 0.15) is 0 Å². The molecule has 4 heteroatoms. The van der Waals surface area contributed by atoms with Gasteiger partial charge in [0.05, 0.1) is 5.78 Å². The average Bonchev–Trinajstić information content (AvgIpc) is 1.67. The first-order chi connectivity index (χ1) is 3.68. The third-order valence-electron chi connectivity index (χ3n) is 0.654. The van der Waals surface area contributed by atoms with Crippen LogP contribution in [0, 0.1) is 0 Å². The zero-order chi connectivity index (χ0) is 6.57. The number of hydrogen-bond acceptors (Lipinski definition) is 2. The summed E-state index contributed by atoms with van der Waals surface area (Å²) in [7, 11) is 2.21. The average molecular weight is 134 g/mol. The molecule has 0 aromatic carbocycles. The molecule has 0 aliphatic heterocycles. The minimum Gasteiger partial charge on any atom is -0.355 e. The fourth-order valence-corrected chi connectivity index (χ4v) is 0.410. The molecule has 8 heavy (non-hydrogen) atoms. The normalized spacial score (nSPS) is 12.9. The Labute approximate surface area is 51.2 Å². The van der Waals surface area contributed by atoms with Crippen molar-refractivity contribution in [2.24, 2.45) is 5.73 Å². The van der Waals surface area contributed by atoms with E-state index in [1.807, 2.05) is 6.92 Å². The number of nitrogens with two attached hydrogens (primary N) is 1. The van der Waals surface area contributed by atoms with E-state index < -0.39 is 5.78 Å². The lowest BCUT2D eigenvalue weighted by Gasteiger charge is -2.02. The van der Waals surface area contributed by atoms with Crippen LogP contribution in [0.5, 0.6) is 0 Å². The number of nitrogens with one attached hydrogen (secondary N) is 1. The van der Waals surface area contributed by atoms with Crippen LogP contribution in [-0.2, 0) is 4.79 Å². The van der Waals surface area contributed by atoms with Crippen molar-refractivity contribution >= 4 is 15.1 Å². The molecule has 2 unspecified atom stereocenters. The van der Waals surface area contributed by atoms with Crippen LogP contribution in [0.3, 0.4) is 0 Å². The molecule has 0 saturated carbocycles. The Kier molecular flexibility index (Phi) is 3.75. The van der Waals surface area contributed by atoms with Gasteiger partial charge in [-0.1, -0.05) is 0 Å². The van der Waals surface area contributed by atoms with Gasteiger partial charge in [-0.15, -0.1) is 9.24 Å². The van der Waals surface area contributed by atoms with Crippen molar-refractivity contribution < 1.29 is 4.79 Å². The van der Waals surface area contributed by atoms with Crippen LogP contribution in [-0.4, -0.2) is 18.2 Å². The first-order valence-electron chi connectivity index (χ1n) is 2.47. The molecule has 0 bridgehead atoms. The van der Waals surface area contributed by atoms with E-state index in [0.29, 0.717) is 6.54 Å². The standard InChI is InChI=1S/C4H11N2OP/c1-2-6-4(7)3(5)8/h3H,2,5,8H2,1H3,(H,6,7). The Hall–Kier alpha value is -0.140. The van der Waals surface area contributed by atoms with E-state index in [9.17, 15) is 4.79 Å². The molecule has 0 radical (unpaired) electrons. The van der Waals surface area contributed by atoms with Gasteiger partial charge in [0, 0.05) is 6.54 Å². The van der Waals surface area contributed by atoms with Gasteiger partial charge in [0.25, 0.3) is 0 Å². The molecular weight excluding hydrogens is 123 g/mol. The molecule has 0 aromatic heterocycles. The van der Waals surface area contributed by atoms with Gasteiger partial charge in [-0.05, 0) is 6.92 Å². The summed E-state index contributed by atoms with van der Waals surface area (Å²) in [6.45, 7) is 2.49. The number of likely N-dealkylation sites (N-methyl/N-ethyl adjacent to an activating group) is 1. The van der Waals surface area contributed by atoms with Crippen LogP contribution in [0.4, 0.5) is 0 Å². The second-order valence-corrected chi connectivity index (χ2v) is 2.14. The number of amides is 1. The first kappa shape index (κ1) is 7.86. The van der Waals surface area contributed by atoms with Crippen molar-refractivity contribution in [3.8, 4) is 0 Å². The monoisotopic (exact) mass is 134 g/mol. The molecule has 0 aromatic rings. The van der Waals surface area contributed by atoms with Gasteiger partial charge < -0.3 is 11.1 Å². The number of hydrogen-bond donors (Lipinski definition) is 2. The lowest BCUT2D eigenvalue weighted by Crippen LogP contribution is -2.35. The number of carbonyl (C=O) groups excluding carboxylic acids is 1. The fourth-order valence-electron chi connectivity index (χ4n) is 0.292. The van der Waals surface area contributed by atoms with Gasteiger partial charge in [-0.25, -0.2) is 0 Å². The van der Waals surface area contributed by atoms with E-state index >= 15 is 0 Å². The van der Waals surface area contributed by atoms with Gasteiger partial charge in [-0.2, -0.15) is 0 Å². The van der Waals surface area contributed by atoms with Crippen LogP contribution in [0.25, 0.3) is 0 Å². The molecule has 2 atom stereocenters. The van der Waals surface area contributed by atoms with E-state index in [-0.39, 0.29) is 5.91 Å². The molecule has 0 rings (SSSR count). The van der Waals surface area contributed by atoms with Crippen molar-refractivity contribution in [1.29, 1.82) is 0 Å². The molecule has 0 saturated heterocycles. The van der Waals surface area contributed by atoms with Crippen LogP contribution in [0.2, 0.25) is 0 Å². The Balaban J connectivity index is 3.33. The highest BCUT2D eigenvalue weighted by Gasteiger charge is 2.02. The molecule has 0 aliphatic carbocycles. The summed E-state index contributed by atoms with van der Waals surface area (Å²) in [6.07, 6.45) is 0. The summed E-state index contributed by atoms with van der Waals surface area (Å²) in [6, 6.07) is 0. The van der Waals surface area contributed by atoms with Crippen LogP contribution in [0.15, 0.2) is 0 Å². The lowest BCUT2D eigenvalue weighted by molar-refractivity contribution is -0.120. The van der Waals surface area contributed by atoms with Gasteiger partial charge in [0.15, 0.2) is 0 Å². The first-order valence-corrected chi connectivity index (χ1v) is 3.14. The lowest BCUT2D eigenvalue weighted by atomic mass is 10.6. The summed E-state index contributed by atoms with van der Waals surface area (Å²) in [5, 5.41) is 2.56. The van der Waals surface area contributed by atoms with E-state index in [2.05, 4.69) is 14.6 Å². The topological polar surface area (TPSA) is 55.1 Å². The highest BCUT2D eigenvalue weighted by Crippen LogP contribution is 1.87. The summed E-state index contributed by atoms with van der Waals surface area (Å²) in [5.74, 6) is -0.590. The molecule has 3 nitrogen and oxygen atoms in total. The number of carbonyl (C=O) groups is 1. The molecule has 3 N–H and O–H groups in total. The third-order valence-corrected chi connectivity index (χ3v) is 0.957. The largest absolute Gasteiger partial charge is 0.355 e. The maximum absolute atomic E-state index is 10.5. The Bertz CT molecular complexity index is 84.1. The zero-order valence-corrected chi connectivity index (χ0v) is 6.00. The predicted molar refractivity (Wildman–Crippen MR) is 36.4 cm³/mol. The van der Waals surface area contributed by atoms with Gasteiger partial charge >= 0.3 is 0 Å². The van der Waals surface area contributed by atoms with Crippen molar-refractivity contribution in [2.45, 2.75) is 12.7 Å². The van der Waals surface area contributed by atoms with Crippen LogP contribution in [0.1, 0.15) is 6.92 Å². The maximum atomic E-state index is 10.5. The zero-order valence-electron chi connectivity index (χ0n) is 4.85. The smallest absolute Gasteiger partial charge is 0.240 e. The Morgan fingerprint density at radius 2 is 2.50 bits per heavy atom. The van der Waals surface area contributed by atoms with Crippen molar-refractivity contribution in [2.75, 3.05) is 6.54 Å². The second kappa shape index (κ2) is 3.81. The summed E-state index contributed by atoms with van der Waals surface area (Å²) in [4.78, 5) is 10.5. The number of rotatable bonds is 2. The fraction of sp³-hybridized carbons (Fsp3) is 0.750. The third kappa shape index (κ3) is 2.94. The molecule has 0 aliphatic rings. The highest BCUT2D eigenvalue weighted by atomic mass is 31.0. The highest BCUT2D eigenvalue weighted by molar-refractivity contribution is 7.19. The molecule has 0 heterocycles. The second-order valence-electron chi connectivity index (χ2n) is 1.42. The summed E-state index contributed by atoms with van der Waals surface area (Å²) in [5.41, 5.74) is 5.17. The predicted octanol–water partition coefficient (Wildman–Crippen LogP) is -0.718. The minimum absolute atomic E-state index is 0.127. The molecule has 0 fully saturated rings. The molecular formula is C4H11N2OP. The van der Waals surface area contributed by atoms with Crippen molar-refractivity contribution in [3.05, 3.63) is 0 Å². The van der Waals surface area contributed by atoms with Crippen LogP contribution >= 0.6 is 9.24 Å². The quantitative estimate of drug-likeness (QED) is 0.490. The van der Waals surface area contributed by atoms with E-state index in [4.69, 9.17) is 5.73 Å². The van der Waals surface area contributed by atoms with Crippen LogP contribution < -0.4 is 11.1 Å². The Morgan fingerprint density at radius 3 is 2.62 bits per heavy atom. The molecule has 48 valence electrons. The summed E-state index contributed by atoms with van der Waals surface area (Å²) < 4.78 is 0. The molecule has 1 amide bonds. The van der Waals surface area contributed by atoms with Crippen molar-refractivity contribution in [3.63, 3.8) is 0 Å². The SMILES string of the molecule is CCNC(=O)C(N)P. The van der Waals surface area contributed by atoms with Crippen molar-refractivity contribution in [1.82, 2.24) is 5.32 Å². The van der Waals surface area contributed by atoms with E-state index in [1.54, 1.807) is 0 Å². The summed E-state index contributed by atoms with van der Waals surface area (Å²) >= 11 is 0. The molecule has 0 spiro atoms. The van der Waals surface area contributed by atoms with Gasteiger partial charge in [-0.3, -0.25) is 4.79 Å². The van der Waals surface area contributed by atoms with E-state index in [1.165, 1.54) is 0 Å². The Morgan fingerprint density at radius 1 is 2.00 bits per heavy atom. The van der Waals surface area contributed by atoms with E-state index in [0.717, 1.165) is 0 Å². The minimum atomic E-state index is -0.463. The maximum Gasteiger partial charge on any atom is 0.240 e.